The van der Waals surface area contributed by atoms with Crippen molar-refractivity contribution in [2.75, 3.05) is 31.6 Å². The molecule has 2 aromatic heterocycles. The first-order valence-electron chi connectivity index (χ1n) is 10.9. The Morgan fingerprint density at radius 3 is 2.71 bits per heavy atom. The van der Waals surface area contributed by atoms with Gasteiger partial charge in [-0.1, -0.05) is 41.9 Å². The first kappa shape index (κ1) is 22.0. The predicted molar refractivity (Wildman–Crippen MR) is 128 cm³/mol. The van der Waals surface area contributed by atoms with E-state index in [-0.39, 0.29) is 5.91 Å². The highest BCUT2D eigenvalue weighted by atomic mass is 35.5. The summed E-state index contributed by atoms with van der Waals surface area (Å²) in [5.41, 5.74) is 4.67. The van der Waals surface area contributed by atoms with Gasteiger partial charge in [0.2, 0.25) is 5.95 Å². The number of H-pyrrole nitrogens is 1. The molecule has 4 aromatic rings. The summed E-state index contributed by atoms with van der Waals surface area (Å²) in [6.07, 6.45) is 1.58. The van der Waals surface area contributed by atoms with E-state index in [1.54, 1.807) is 6.20 Å². The predicted octanol–water partition coefficient (Wildman–Crippen LogP) is 3.67. The fraction of sp³-hybridized carbons (Fsp3) is 0.208. The van der Waals surface area contributed by atoms with Gasteiger partial charge in [-0.15, -0.1) is 5.10 Å². The van der Waals surface area contributed by atoms with Crippen LogP contribution >= 0.6 is 11.6 Å². The van der Waals surface area contributed by atoms with Gasteiger partial charge in [-0.3, -0.25) is 9.89 Å². The molecule has 9 nitrogen and oxygen atoms in total. The van der Waals surface area contributed by atoms with Gasteiger partial charge in [-0.2, -0.15) is 10.2 Å². The van der Waals surface area contributed by atoms with Gasteiger partial charge in [0, 0.05) is 24.2 Å². The molecule has 0 saturated carbocycles. The standard InChI is InChI=1S/C24H22ClN7O2/c25-20-4-2-1-3-19(20)22-15-27-31-24(28-22)26-14-18-13-21(30-29-18)16-5-7-17(8-6-16)23(33)32-9-11-34-12-10-32/h1-8,13,15H,9-12,14H2,(H,29,30)(H,26,28,31). The molecule has 2 N–H and O–H groups in total. The van der Waals surface area contributed by atoms with Crippen LogP contribution in [0.2, 0.25) is 5.02 Å². The second kappa shape index (κ2) is 9.98. The number of carbonyl (C=O) groups excluding carboxylic acids is 1. The van der Waals surface area contributed by atoms with E-state index in [1.807, 2.05) is 59.5 Å². The van der Waals surface area contributed by atoms with Crippen LogP contribution in [0.5, 0.6) is 0 Å². The summed E-state index contributed by atoms with van der Waals surface area (Å²) in [6.45, 7) is 2.83. The molecule has 172 valence electrons. The van der Waals surface area contributed by atoms with Crippen LogP contribution in [0.25, 0.3) is 22.5 Å². The van der Waals surface area contributed by atoms with Crippen molar-refractivity contribution >= 4 is 23.5 Å². The Balaban J connectivity index is 1.23. The number of aromatic nitrogens is 5. The number of halogens is 1. The van der Waals surface area contributed by atoms with Crippen LogP contribution in [0.1, 0.15) is 16.1 Å². The Kier molecular flexibility index (Phi) is 6.46. The van der Waals surface area contributed by atoms with Crippen LogP contribution in [-0.4, -0.2) is 62.5 Å². The van der Waals surface area contributed by atoms with Gasteiger partial charge in [0.15, 0.2) is 0 Å². The van der Waals surface area contributed by atoms with E-state index in [9.17, 15) is 4.79 Å². The molecule has 34 heavy (non-hydrogen) atoms. The number of carbonyl (C=O) groups is 1. The second-order valence-corrected chi connectivity index (χ2v) is 8.16. The largest absolute Gasteiger partial charge is 0.378 e. The minimum atomic E-state index is 0.0250. The van der Waals surface area contributed by atoms with Gasteiger partial charge in [0.1, 0.15) is 0 Å². The van der Waals surface area contributed by atoms with E-state index in [1.165, 1.54) is 0 Å². The van der Waals surface area contributed by atoms with Crippen LogP contribution in [0.3, 0.4) is 0 Å². The van der Waals surface area contributed by atoms with Gasteiger partial charge in [-0.05, 0) is 29.8 Å². The van der Waals surface area contributed by atoms with Crippen LogP contribution < -0.4 is 5.32 Å². The number of rotatable bonds is 6. The lowest BCUT2D eigenvalue weighted by atomic mass is 10.1. The Morgan fingerprint density at radius 2 is 1.91 bits per heavy atom. The SMILES string of the molecule is O=C(c1ccc(-c2cc(CNc3nncc(-c4ccccc4Cl)n3)n[nH]2)cc1)N1CCOCC1. The Bertz CT molecular complexity index is 1290. The number of nitrogens with one attached hydrogen (secondary N) is 2. The molecule has 0 atom stereocenters. The van der Waals surface area contributed by atoms with Crippen molar-refractivity contribution in [1.29, 1.82) is 0 Å². The average molecular weight is 476 g/mol. The van der Waals surface area contributed by atoms with Crippen LogP contribution in [0.4, 0.5) is 5.95 Å². The number of morpholine rings is 1. The molecule has 1 aliphatic heterocycles. The quantitative estimate of drug-likeness (QED) is 0.438. The van der Waals surface area contributed by atoms with Crippen molar-refractivity contribution in [3.05, 3.63) is 77.1 Å². The van der Waals surface area contributed by atoms with Gasteiger partial charge >= 0.3 is 0 Å². The highest BCUT2D eigenvalue weighted by molar-refractivity contribution is 6.33. The zero-order chi connectivity index (χ0) is 23.3. The first-order valence-corrected chi connectivity index (χ1v) is 11.3. The van der Waals surface area contributed by atoms with Crippen molar-refractivity contribution in [3.63, 3.8) is 0 Å². The summed E-state index contributed by atoms with van der Waals surface area (Å²) in [7, 11) is 0. The molecule has 1 saturated heterocycles. The molecule has 1 amide bonds. The number of hydrogen-bond acceptors (Lipinski definition) is 7. The third-order valence-corrected chi connectivity index (χ3v) is 5.84. The van der Waals surface area contributed by atoms with Crippen molar-refractivity contribution < 1.29 is 9.53 Å². The molecule has 1 fully saturated rings. The Morgan fingerprint density at radius 1 is 1.12 bits per heavy atom. The van der Waals surface area contributed by atoms with Crippen LogP contribution in [0, 0.1) is 0 Å². The van der Waals surface area contributed by atoms with Crippen molar-refractivity contribution in [2.24, 2.45) is 0 Å². The summed E-state index contributed by atoms with van der Waals surface area (Å²) in [6, 6.07) is 16.9. The maximum absolute atomic E-state index is 12.6. The lowest BCUT2D eigenvalue weighted by Gasteiger charge is -2.26. The maximum Gasteiger partial charge on any atom is 0.254 e. The number of aromatic amines is 1. The third-order valence-electron chi connectivity index (χ3n) is 5.51. The number of ether oxygens (including phenoxy) is 1. The van der Waals surface area contributed by atoms with Gasteiger partial charge in [-0.25, -0.2) is 4.98 Å². The fourth-order valence-corrected chi connectivity index (χ4v) is 3.92. The molecular weight excluding hydrogens is 454 g/mol. The van der Waals surface area contributed by atoms with Crippen molar-refractivity contribution in [1.82, 2.24) is 30.3 Å². The van der Waals surface area contributed by atoms with Crippen molar-refractivity contribution in [2.45, 2.75) is 6.54 Å². The first-order chi connectivity index (χ1) is 16.7. The smallest absolute Gasteiger partial charge is 0.254 e. The number of benzene rings is 2. The summed E-state index contributed by atoms with van der Waals surface area (Å²) >= 11 is 6.26. The fourth-order valence-electron chi connectivity index (χ4n) is 3.69. The lowest BCUT2D eigenvalue weighted by Crippen LogP contribution is -2.40. The maximum atomic E-state index is 12.6. The Labute approximate surface area is 201 Å². The summed E-state index contributed by atoms with van der Waals surface area (Å²) < 4.78 is 5.32. The zero-order valence-electron chi connectivity index (χ0n) is 18.2. The minimum absolute atomic E-state index is 0.0250. The van der Waals surface area contributed by atoms with E-state index in [4.69, 9.17) is 16.3 Å². The van der Waals surface area contributed by atoms with Gasteiger partial charge < -0.3 is 15.0 Å². The molecule has 0 aliphatic carbocycles. The number of anilines is 1. The molecule has 0 spiro atoms. The minimum Gasteiger partial charge on any atom is -0.378 e. The van der Waals surface area contributed by atoms with Crippen LogP contribution in [-0.2, 0) is 11.3 Å². The molecular formula is C24H22ClN7O2. The molecule has 0 bridgehead atoms. The normalized spacial score (nSPS) is 13.6. The molecule has 0 radical (unpaired) electrons. The van der Waals surface area contributed by atoms with E-state index in [0.29, 0.717) is 55.1 Å². The molecule has 10 heteroatoms. The topological polar surface area (TPSA) is 109 Å². The van der Waals surface area contributed by atoms with E-state index in [2.05, 4.69) is 30.7 Å². The van der Waals surface area contributed by atoms with Crippen LogP contribution in [0.15, 0.2) is 60.8 Å². The third kappa shape index (κ3) is 4.90. The summed E-state index contributed by atoms with van der Waals surface area (Å²) in [5, 5.41) is 19.2. The highest BCUT2D eigenvalue weighted by Gasteiger charge is 2.18. The number of hydrogen-bond donors (Lipinski definition) is 2. The average Bonchev–Trinajstić information content (AvgIpc) is 3.37. The summed E-state index contributed by atoms with van der Waals surface area (Å²) in [4.78, 5) is 18.9. The summed E-state index contributed by atoms with van der Waals surface area (Å²) in [5.74, 6) is 0.407. The highest BCUT2D eigenvalue weighted by Crippen LogP contribution is 2.25. The van der Waals surface area contributed by atoms with Gasteiger partial charge in [0.05, 0.1) is 48.1 Å². The monoisotopic (exact) mass is 475 g/mol. The van der Waals surface area contributed by atoms with Crippen molar-refractivity contribution in [3.8, 4) is 22.5 Å². The lowest BCUT2D eigenvalue weighted by molar-refractivity contribution is 0.0303. The molecule has 3 heterocycles. The van der Waals surface area contributed by atoms with Gasteiger partial charge in [0.25, 0.3) is 5.91 Å². The Hall–Kier alpha value is -3.82. The number of nitrogens with zero attached hydrogens (tertiary/aromatic N) is 5. The molecule has 1 aliphatic rings. The van der Waals surface area contributed by atoms with E-state index >= 15 is 0 Å². The zero-order valence-corrected chi connectivity index (χ0v) is 19.0. The van der Waals surface area contributed by atoms with E-state index < -0.39 is 0 Å². The molecule has 5 rings (SSSR count). The molecule has 0 unspecified atom stereocenters. The molecule has 2 aromatic carbocycles. The number of amides is 1. The van der Waals surface area contributed by atoms with E-state index in [0.717, 1.165) is 22.5 Å². The second-order valence-electron chi connectivity index (χ2n) is 7.75.